The topological polar surface area (TPSA) is 9.23 Å². The Balaban J connectivity index is 3.21. The first kappa shape index (κ1) is 10.8. The van der Waals surface area contributed by atoms with Crippen LogP contribution in [-0.4, -0.2) is 29.5 Å². The van der Waals surface area contributed by atoms with Crippen molar-refractivity contribution in [1.29, 1.82) is 0 Å². The van der Waals surface area contributed by atoms with Crippen LogP contribution in [0.1, 0.15) is 39.5 Å². The van der Waals surface area contributed by atoms with Gasteiger partial charge in [-0.3, -0.25) is 0 Å². The fourth-order valence-corrected chi connectivity index (χ4v) is 1.69. The summed E-state index contributed by atoms with van der Waals surface area (Å²) in [7, 11) is 0. The Hall–Kier alpha value is 0.759. The molecule has 3 radical (unpaired) electrons. The van der Waals surface area contributed by atoms with E-state index in [1.165, 1.54) is 48.6 Å². The van der Waals surface area contributed by atoms with Crippen LogP contribution in [0.5, 0.6) is 0 Å². The second-order valence-corrected chi connectivity index (χ2v) is 3.55. The third-order valence-corrected chi connectivity index (χ3v) is 2.34. The Labute approximate surface area is 78.2 Å². The maximum absolute atomic E-state index is 5.18. The quantitative estimate of drug-likeness (QED) is 0.655. The van der Waals surface area contributed by atoms with Gasteiger partial charge in [0.15, 0.2) is 0 Å². The average Bonchev–Trinajstić information content (AvgIpc) is 1.98. The number of rotatable bonds is 6. The molecule has 0 aliphatic heterocycles. The Morgan fingerprint density at radius 2 is 2.10 bits per heavy atom. The molecule has 1 unspecified atom stereocenters. The Bertz CT molecular complexity index is 66.3. The van der Waals surface area contributed by atoms with Crippen molar-refractivity contribution < 1.29 is 3.07 Å². The normalized spacial score (nSPS) is 13.5. The van der Waals surface area contributed by atoms with Crippen molar-refractivity contribution in [2.45, 2.75) is 39.5 Å². The molecule has 0 fully saturated rings. The fourth-order valence-electron chi connectivity index (χ4n) is 1.02. The van der Waals surface area contributed by atoms with Crippen molar-refractivity contribution in [3.8, 4) is 0 Å². The standard InChI is InChI=1S/C8H17O.Sn/c1-3-5-6-8(4-2)7-9;/h8H,3-7H2,1-2H3;/q-1;+1. The van der Waals surface area contributed by atoms with Gasteiger partial charge in [0.05, 0.1) is 0 Å². The van der Waals surface area contributed by atoms with E-state index in [2.05, 4.69) is 13.8 Å². The zero-order chi connectivity index (χ0) is 7.82. The van der Waals surface area contributed by atoms with Gasteiger partial charge in [0.25, 0.3) is 0 Å². The van der Waals surface area contributed by atoms with Crippen molar-refractivity contribution in [1.82, 2.24) is 0 Å². The van der Waals surface area contributed by atoms with Crippen LogP contribution in [0.4, 0.5) is 0 Å². The van der Waals surface area contributed by atoms with Crippen molar-refractivity contribution >= 4 is 22.9 Å². The van der Waals surface area contributed by atoms with E-state index in [0.717, 1.165) is 12.5 Å². The zero-order valence-electron chi connectivity index (χ0n) is 7.02. The minimum absolute atomic E-state index is 0.819. The Morgan fingerprint density at radius 1 is 1.40 bits per heavy atom. The van der Waals surface area contributed by atoms with Gasteiger partial charge in [-0.1, -0.05) is 0 Å². The van der Waals surface area contributed by atoms with Gasteiger partial charge in [0.1, 0.15) is 0 Å². The SMILES string of the molecule is CCCCC(CC)C[O][Sn]. The molecule has 0 saturated carbocycles. The van der Waals surface area contributed by atoms with Crippen molar-refractivity contribution in [2.24, 2.45) is 5.92 Å². The van der Waals surface area contributed by atoms with Gasteiger partial charge in [-0.15, -0.1) is 0 Å². The first-order valence-electron chi connectivity index (χ1n) is 4.13. The summed E-state index contributed by atoms with van der Waals surface area (Å²) in [5.41, 5.74) is 0. The van der Waals surface area contributed by atoms with E-state index in [9.17, 15) is 0 Å². The van der Waals surface area contributed by atoms with Gasteiger partial charge in [-0.05, 0) is 0 Å². The molecular formula is C8H17OSn. The van der Waals surface area contributed by atoms with Gasteiger partial charge >= 0.3 is 78.1 Å². The van der Waals surface area contributed by atoms with Crippen LogP contribution in [0.3, 0.4) is 0 Å². The number of unbranched alkanes of at least 4 members (excludes halogenated alkanes) is 1. The summed E-state index contributed by atoms with van der Waals surface area (Å²) in [5, 5.41) is 0. The molecule has 0 aromatic carbocycles. The van der Waals surface area contributed by atoms with Crippen LogP contribution in [0.2, 0.25) is 0 Å². The Morgan fingerprint density at radius 3 is 2.50 bits per heavy atom. The molecule has 0 aromatic heterocycles. The molecule has 0 rings (SSSR count). The maximum atomic E-state index is 5.18. The predicted molar refractivity (Wildman–Crippen MR) is 45.0 cm³/mol. The molecule has 0 spiro atoms. The van der Waals surface area contributed by atoms with Crippen LogP contribution in [-0.2, 0) is 3.07 Å². The van der Waals surface area contributed by atoms with Crippen LogP contribution in [0, 0.1) is 5.92 Å². The monoisotopic (exact) mass is 249 g/mol. The van der Waals surface area contributed by atoms with Crippen LogP contribution < -0.4 is 0 Å². The summed E-state index contributed by atoms with van der Waals surface area (Å²) in [4.78, 5) is 0. The number of hydrogen-bond acceptors (Lipinski definition) is 1. The summed E-state index contributed by atoms with van der Waals surface area (Å²) in [6, 6.07) is 0. The summed E-state index contributed by atoms with van der Waals surface area (Å²) < 4.78 is 5.18. The summed E-state index contributed by atoms with van der Waals surface area (Å²) in [6.45, 7) is 5.47. The molecule has 0 bridgehead atoms. The van der Waals surface area contributed by atoms with Crippen LogP contribution in [0.25, 0.3) is 0 Å². The van der Waals surface area contributed by atoms with E-state index < -0.39 is 0 Å². The van der Waals surface area contributed by atoms with E-state index in [1.54, 1.807) is 0 Å². The van der Waals surface area contributed by atoms with Crippen LogP contribution >= 0.6 is 0 Å². The average molecular weight is 248 g/mol. The van der Waals surface area contributed by atoms with Gasteiger partial charge in [0, 0.05) is 0 Å². The molecule has 0 aliphatic carbocycles. The fraction of sp³-hybridized carbons (Fsp3) is 1.00. The molecule has 1 atom stereocenters. The predicted octanol–water partition coefficient (Wildman–Crippen LogP) is 2.30. The molecule has 0 heterocycles. The van der Waals surface area contributed by atoms with Gasteiger partial charge in [-0.2, -0.15) is 0 Å². The van der Waals surface area contributed by atoms with Gasteiger partial charge in [0.2, 0.25) is 0 Å². The van der Waals surface area contributed by atoms with Gasteiger partial charge in [-0.25, -0.2) is 0 Å². The molecule has 0 aromatic rings. The molecule has 0 aliphatic rings. The second kappa shape index (κ2) is 7.86. The second-order valence-electron chi connectivity index (χ2n) is 2.73. The summed E-state index contributed by atoms with van der Waals surface area (Å²) in [5.74, 6) is 0.819. The first-order valence-corrected chi connectivity index (χ1v) is 5.30. The minimum atomic E-state index is 0.819. The molecule has 0 N–H and O–H groups in total. The van der Waals surface area contributed by atoms with Crippen molar-refractivity contribution in [2.75, 3.05) is 6.61 Å². The molecule has 10 heavy (non-hydrogen) atoms. The first-order chi connectivity index (χ1) is 4.85. The van der Waals surface area contributed by atoms with E-state index in [0.29, 0.717) is 0 Å². The van der Waals surface area contributed by atoms with Crippen molar-refractivity contribution in [3.63, 3.8) is 0 Å². The molecule has 0 amide bonds. The Kier molecular flexibility index (Phi) is 8.46. The molecule has 2 heteroatoms. The zero-order valence-corrected chi connectivity index (χ0v) is 9.88. The molecule has 59 valence electrons. The van der Waals surface area contributed by atoms with Gasteiger partial charge < -0.3 is 0 Å². The van der Waals surface area contributed by atoms with Crippen LogP contribution in [0.15, 0.2) is 0 Å². The third kappa shape index (κ3) is 5.54. The van der Waals surface area contributed by atoms with E-state index >= 15 is 0 Å². The molecular weight excluding hydrogens is 231 g/mol. The van der Waals surface area contributed by atoms with E-state index in [4.69, 9.17) is 3.07 Å². The number of hydrogen-bond donors (Lipinski definition) is 0. The van der Waals surface area contributed by atoms with E-state index in [-0.39, 0.29) is 0 Å². The van der Waals surface area contributed by atoms with Crippen molar-refractivity contribution in [3.05, 3.63) is 0 Å². The summed E-state index contributed by atoms with van der Waals surface area (Å²) in [6.07, 6.45) is 5.29. The van der Waals surface area contributed by atoms with E-state index in [1.807, 2.05) is 0 Å². The summed E-state index contributed by atoms with van der Waals surface area (Å²) >= 11 is 1.21. The molecule has 1 nitrogen and oxygen atoms in total. The third-order valence-electron chi connectivity index (χ3n) is 1.86. The molecule has 0 saturated heterocycles.